The summed E-state index contributed by atoms with van der Waals surface area (Å²) in [5.74, 6) is 1.05. The lowest BCUT2D eigenvalue weighted by Crippen LogP contribution is -2.09. The van der Waals surface area contributed by atoms with Crippen molar-refractivity contribution in [3.05, 3.63) is 28.2 Å². The Morgan fingerprint density at radius 2 is 2.28 bits per heavy atom. The number of hydrogen-bond acceptors (Lipinski definition) is 2. The minimum atomic E-state index is -0.908. The highest BCUT2D eigenvalue weighted by molar-refractivity contribution is 9.10. The number of nitrogens with zero attached hydrogens (tertiary/aromatic N) is 2. The molecule has 0 bridgehead atoms. The van der Waals surface area contributed by atoms with Gasteiger partial charge >= 0.3 is 0 Å². The molecule has 2 aromatic rings. The first kappa shape index (κ1) is 14.0. The van der Waals surface area contributed by atoms with E-state index in [1.54, 1.807) is 12.3 Å². The van der Waals surface area contributed by atoms with Gasteiger partial charge in [0.15, 0.2) is 0 Å². The van der Waals surface area contributed by atoms with Gasteiger partial charge < -0.3 is 4.57 Å². The molecule has 1 aromatic heterocycles. The average Bonchev–Trinajstić information content (AvgIpc) is 2.64. The van der Waals surface area contributed by atoms with Gasteiger partial charge in [-0.25, -0.2) is 9.37 Å². The van der Waals surface area contributed by atoms with Crippen molar-refractivity contribution in [2.75, 3.05) is 12.0 Å². The van der Waals surface area contributed by atoms with Gasteiger partial charge in [-0.2, -0.15) is 0 Å². The molecular formula is C11H11BrClFN2OS. The molecule has 1 atom stereocenters. The summed E-state index contributed by atoms with van der Waals surface area (Å²) in [7, 11) is -0.908. The van der Waals surface area contributed by atoms with Crippen LogP contribution in [0.25, 0.3) is 11.0 Å². The van der Waals surface area contributed by atoms with Gasteiger partial charge in [0.1, 0.15) is 11.6 Å². The molecule has 7 heteroatoms. The molecule has 1 heterocycles. The molecule has 1 unspecified atom stereocenters. The lowest BCUT2D eigenvalue weighted by Gasteiger charge is -2.06. The Labute approximate surface area is 120 Å². The molecule has 0 aliphatic heterocycles. The Balaban J connectivity index is 2.53. The predicted molar refractivity (Wildman–Crippen MR) is 75.9 cm³/mol. The second kappa shape index (κ2) is 5.67. The van der Waals surface area contributed by atoms with Crippen LogP contribution < -0.4 is 0 Å². The topological polar surface area (TPSA) is 34.9 Å². The van der Waals surface area contributed by atoms with Crippen LogP contribution >= 0.6 is 27.5 Å². The Morgan fingerprint density at radius 1 is 1.56 bits per heavy atom. The predicted octanol–water partition coefficient (Wildman–Crippen LogP) is 3.06. The maximum absolute atomic E-state index is 13.6. The fourth-order valence-electron chi connectivity index (χ4n) is 1.74. The second-order valence-electron chi connectivity index (χ2n) is 3.85. The van der Waals surface area contributed by atoms with Crippen molar-refractivity contribution in [3.63, 3.8) is 0 Å². The molecule has 98 valence electrons. The molecule has 0 N–H and O–H groups in total. The molecule has 0 radical (unpaired) electrons. The molecule has 0 fully saturated rings. The van der Waals surface area contributed by atoms with Crippen LogP contribution in [0.15, 0.2) is 16.6 Å². The van der Waals surface area contributed by atoms with Gasteiger partial charge in [-0.15, -0.1) is 11.6 Å². The number of aromatic nitrogens is 2. The number of imidazole rings is 1. The fraction of sp³-hybridized carbons (Fsp3) is 0.364. The first-order chi connectivity index (χ1) is 8.52. The minimum Gasteiger partial charge on any atom is -0.326 e. The first-order valence-electron chi connectivity index (χ1n) is 5.23. The van der Waals surface area contributed by atoms with E-state index in [0.717, 1.165) is 0 Å². The van der Waals surface area contributed by atoms with Crippen LogP contribution in [0.3, 0.4) is 0 Å². The van der Waals surface area contributed by atoms with Crippen molar-refractivity contribution < 1.29 is 8.60 Å². The minimum absolute atomic E-state index is 0.240. The number of hydrogen-bond donors (Lipinski definition) is 0. The SMILES string of the molecule is CS(=O)CCn1c(CCl)nc2cc(Br)c(F)cc21. The van der Waals surface area contributed by atoms with E-state index in [4.69, 9.17) is 11.6 Å². The van der Waals surface area contributed by atoms with Crippen LogP contribution in [0.5, 0.6) is 0 Å². The highest BCUT2D eigenvalue weighted by Crippen LogP contribution is 2.24. The number of rotatable bonds is 4. The van der Waals surface area contributed by atoms with Crippen molar-refractivity contribution in [1.82, 2.24) is 9.55 Å². The summed E-state index contributed by atoms with van der Waals surface area (Å²) in [6.07, 6.45) is 1.64. The largest absolute Gasteiger partial charge is 0.326 e. The van der Waals surface area contributed by atoms with Gasteiger partial charge in [0, 0.05) is 35.4 Å². The Hall–Kier alpha value is -0.460. The maximum Gasteiger partial charge on any atom is 0.139 e. The summed E-state index contributed by atoms with van der Waals surface area (Å²) < 4.78 is 26.9. The normalized spacial score (nSPS) is 13.1. The number of alkyl halides is 1. The summed E-state index contributed by atoms with van der Waals surface area (Å²) in [5.41, 5.74) is 1.36. The molecule has 2 rings (SSSR count). The van der Waals surface area contributed by atoms with Gasteiger partial charge in [0.05, 0.1) is 21.4 Å². The van der Waals surface area contributed by atoms with Gasteiger partial charge in [-0.05, 0) is 22.0 Å². The number of aryl methyl sites for hydroxylation is 1. The Morgan fingerprint density at radius 3 is 2.89 bits per heavy atom. The molecule has 0 spiro atoms. The van der Waals surface area contributed by atoms with Gasteiger partial charge in [0.2, 0.25) is 0 Å². The van der Waals surface area contributed by atoms with Crippen molar-refractivity contribution >= 4 is 49.4 Å². The van der Waals surface area contributed by atoms with Crippen LogP contribution in [0, 0.1) is 5.82 Å². The zero-order valence-electron chi connectivity index (χ0n) is 9.62. The molecular weight excluding hydrogens is 343 g/mol. The Kier molecular flexibility index (Phi) is 4.40. The third kappa shape index (κ3) is 2.75. The highest BCUT2D eigenvalue weighted by atomic mass is 79.9. The van der Waals surface area contributed by atoms with Crippen LogP contribution in [0.1, 0.15) is 5.82 Å². The number of benzene rings is 1. The number of halogens is 3. The summed E-state index contributed by atoms with van der Waals surface area (Å²) in [5, 5.41) is 0. The number of fused-ring (bicyclic) bond motifs is 1. The van der Waals surface area contributed by atoms with Crippen molar-refractivity contribution in [3.8, 4) is 0 Å². The van der Waals surface area contributed by atoms with Gasteiger partial charge in [0.25, 0.3) is 0 Å². The standard InChI is InChI=1S/C11H11BrClFN2OS/c1-18(17)3-2-16-10-5-8(14)7(12)4-9(10)15-11(16)6-13/h4-5H,2-3,6H2,1H3. The van der Waals surface area contributed by atoms with Crippen LogP contribution in [-0.4, -0.2) is 25.8 Å². The van der Waals surface area contributed by atoms with Gasteiger partial charge in [-0.1, -0.05) is 0 Å². The fourth-order valence-corrected chi connectivity index (χ4v) is 2.72. The molecule has 1 aromatic carbocycles. The molecule has 0 amide bonds. The zero-order chi connectivity index (χ0) is 13.3. The second-order valence-corrected chi connectivity index (χ2v) is 6.52. The molecule has 0 saturated heterocycles. The van der Waals surface area contributed by atoms with E-state index < -0.39 is 10.8 Å². The third-order valence-electron chi connectivity index (χ3n) is 2.59. The van der Waals surface area contributed by atoms with E-state index in [1.165, 1.54) is 6.07 Å². The van der Waals surface area contributed by atoms with Crippen molar-refractivity contribution in [2.24, 2.45) is 0 Å². The summed E-state index contributed by atoms with van der Waals surface area (Å²) in [4.78, 5) is 4.35. The first-order valence-corrected chi connectivity index (χ1v) is 8.28. The lowest BCUT2D eigenvalue weighted by atomic mass is 10.3. The summed E-state index contributed by atoms with van der Waals surface area (Å²) in [6, 6.07) is 3.04. The van der Waals surface area contributed by atoms with Crippen LogP contribution in [0.4, 0.5) is 4.39 Å². The van der Waals surface area contributed by atoms with E-state index in [-0.39, 0.29) is 11.7 Å². The third-order valence-corrected chi connectivity index (χ3v) is 4.20. The summed E-state index contributed by atoms with van der Waals surface area (Å²) >= 11 is 8.96. The van der Waals surface area contributed by atoms with E-state index >= 15 is 0 Å². The van der Waals surface area contributed by atoms with Crippen LogP contribution in [-0.2, 0) is 23.2 Å². The van der Waals surface area contributed by atoms with Crippen LogP contribution in [0.2, 0.25) is 0 Å². The zero-order valence-corrected chi connectivity index (χ0v) is 12.8. The molecule has 0 aliphatic carbocycles. The smallest absolute Gasteiger partial charge is 0.139 e. The van der Waals surface area contributed by atoms with E-state index in [9.17, 15) is 8.60 Å². The molecule has 3 nitrogen and oxygen atoms in total. The maximum atomic E-state index is 13.6. The quantitative estimate of drug-likeness (QED) is 0.792. The average molecular weight is 354 g/mol. The van der Waals surface area contributed by atoms with E-state index in [2.05, 4.69) is 20.9 Å². The lowest BCUT2D eigenvalue weighted by molar-refractivity contribution is 0.621. The van der Waals surface area contributed by atoms with Crippen molar-refractivity contribution in [2.45, 2.75) is 12.4 Å². The Bertz CT molecular complexity index is 617. The van der Waals surface area contributed by atoms with E-state index in [1.807, 2.05) is 4.57 Å². The van der Waals surface area contributed by atoms with Crippen molar-refractivity contribution in [1.29, 1.82) is 0 Å². The molecule has 0 saturated carbocycles. The van der Waals surface area contributed by atoms with E-state index in [0.29, 0.717) is 33.6 Å². The summed E-state index contributed by atoms with van der Waals surface area (Å²) in [6.45, 7) is 0.517. The van der Waals surface area contributed by atoms with Gasteiger partial charge in [-0.3, -0.25) is 4.21 Å². The highest BCUT2D eigenvalue weighted by Gasteiger charge is 2.13. The monoisotopic (exact) mass is 352 g/mol. The molecule has 0 aliphatic rings. The molecule has 18 heavy (non-hydrogen) atoms.